The van der Waals surface area contributed by atoms with Gasteiger partial charge in [-0.1, -0.05) is 0 Å². The van der Waals surface area contributed by atoms with Gasteiger partial charge in [-0.05, 0) is 24.6 Å². The second-order valence-electron chi connectivity index (χ2n) is 3.44. The largest absolute Gasteiger partial charge is 0.472 e. The number of nitrogens with two attached hydrogens (primary N) is 1. The summed E-state index contributed by atoms with van der Waals surface area (Å²) in [6.07, 6.45) is 5.12. The smallest absolute Gasteiger partial charge is 0.149 e. The minimum atomic E-state index is 0.663. The SMILES string of the molecule is Cc1cnc(NCc2ccoc2)c(N)c1. The van der Waals surface area contributed by atoms with Gasteiger partial charge in [0.25, 0.3) is 0 Å². The standard InChI is InChI=1S/C11H13N3O/c1-8-4-10(12)11(13-5-8)14-6-9-2-3-15-7-9/h2-5,7H,6,12H2,1H3,(H,13,14). The first-order valence-corrected chi connectivity index (χ1v) is 4.73. The van der Waals surface area contributed by atoms with Gasteiger partial charge >= 0.3 is 0 Å². The van der Waals surface area contributed by atoms with Gasteiger partial charge in [-0.2, -0.15) is 0 Å². The van der Waals surface area contributed by atoms with Crippen LogP contribution >= 0.6 is 0 Å². The highest BCUT2D eigenvalue weighted by atomic mass is 16.3. The van der Waals surface area contributed by atoms with E-state index in [0.717, 1.165) is 11.1 Å². The first-order valence-electron chi connectivity index (χ1n) is 4.73. The first kappa shape index (κ1) is 9.58. The molecule has 15 heavy (non-hydrogen) atoms. The minimum Gasteiger partial charge on any atom is -0.472 e. The van der Waals surface area contributed by atoms with Gasteiger partial charge in [0.2, 0.25) is 0 Å². The van der Waals surface area contributed by atoms with Gasteiger partial charge in [0.1, 0.15) is 5.82 Å². The van der Waals surface area contributed by atoms with Crippen LogP contribution in [0.2, 0.25) is 0 Å². The van der Waals surface area contributed by atoms with Crippen molar-refractivity contribution in [2.24, 2.45) is 0 Å². The van der Waals surface area contributed by atoms with Crippen LogP contribution in [-0.2, 0) is 6.54 Å². The van der Waals surface area contributed by atoms with E-state index in [-0.39, 0.29) is 0 Å². The van der Waals surface area contributed by atoms with Gasteiger partial charge in [-0.15, -0.1) is 0 Å². The highest BCUT2D eigenvalue weighted by Crippen LogP contribution is 2.16. The average Bonchev–Trinajstić information content (AvgIpc) is 2.69. The summed E-state index contributed by atoms with van der Waals surface area (Å²) in [5.41, 5.74) is 8.60. The molecule has 0 unspecified atom stereocenters. The molecule has 4 nitrogen and oxygen atoms in total. The molecule has 0 bridgehead atoms. The fraction of sp³-hybridized carbons (Fsp3) is 0.182. The number of nitrogens with one attached hydrogen (secondary N) is 1. The number of anilines is 2. The van der Waals surface area contributed by atoms with Crippen molar-refractivity contribution in [2.75, 3.05) is 11.1 Å². The zero-order valence-corrected chi connectivity index (χ0v) is 8.53. The fourth-order valence-electron chi connectivity index (χ4n) is 1.32. The normalized spacial score (nSPS) is 10.2. The molecule has 0 saturated carbocycles. The minimum absolute atomic E-state index is 0.663. The van der Waals surface area contributed by atoms with Crippen LogP contribution in [0.1, 0.15) is 11.1 Å². The number of rotatable bonds is 3. The summed E-state index contributed by atoms with van der Waals surface area (Å²) < 4.78 is 4.96. The Kier molecular flexibility index (Phi) is 2.58. The number of nitrogen functional groups attached to an aromatic ring is 1. The quantitative estimate of drug-likeness (QED) is 0.802. The van der Waals surface area contributed by atoms with Crippen molar-refractivity contribution >= 4 is 11.5 Å². The highest BCUT2D eigenvalue weighted by molar-refractivity contribution is 5.61. The summed E-state index contributed by atoms with van der Waals surface area (Å²) in [4.78, 5) is 4.21. The Morgan fingerprint density at radius 2 is 2.40 bits per heavy atom. The molecule has 0 amide bonds. The molecule has 2 aromatic rings. The molecule has 0 aliphatic rings. The number of aromatic nitrogens is 1. The Morgan fingerprint density at radius 3 is 3.07 bits per heavy atom. The second kappa shape index (κ2) is 4.04. The van der Waals surface area contributed by atoms with Crippen LogP contribution in [0.5, 0.6) is 0 Å². The zero-order chi connectivity index (χ0) is 10.7. The lowest BCUT2D eigenvalue weighted by atomic mass is 10.3. The molecule has 0 fully saturated rings. The molecule has 2 aromatic heterocycles. The molecule has 2 rings (SSSR count). The lowest BCUT2D eigenvalue weighted by molar-refractivity contribution is 0.564. The van der Waals surface area contributed by atoms with Crippen molar-refractivity contribution < 1.29 is 4.42 Å². The molecule has 3 N–H and O–H groups in total. The van der Waals surface area contributed by atoms with Crippen LogP contribution in [-0.4, -0.2) is 4.98 Å². The summed E-state index contributed by atoms with van der Waals surface area (Å²) in [5.74, 6) is 0.710. The van der Waals surface area contributed by atoms with E-state index in [0.29, 0.717) is 18.1 Å². The van der Waals surface area contributed by atoms with Crippen molar-refractivity contribution in [3.63, 3.8) is 0 Å². The summed E-state index contributed by atoms with van der Waals surface area (Å²) in [6.45, 7) is 2.62. The Bertz CT molecular complexity index is 437. The molecular formula is C11H13N3O. The Labute approximate surface area is 88.1 Å². The van der Waals surface area contributed by atoms with Crippen molar-refractivity contribution in [2.45, 2.75) is 13.5 Å². The van der Waals surface area contributed by atoms with E-state index in [1.807, 2.05) is 19.1 Å². The summed E-state index contributed by atoms with van der Waals surface area (Å²) >= 11 is 0. The lowest BCUT2D eigenvalue weighted by Gasteiger charge is -2.07. The van der Waals surface area contributed by atoms with Gasteiger partial charge in [0.15, 0.2) is 0 Å². The first-order chi connectivity index (χ1) is 7.25. The fourth-order valence-corrected chi connectivity index (χ4v) is 1.32. The van der Waals surface area contributed by atoms with E-state index in [9.17, 15) is 0 Å². The molecule has 0 spiro atoms. The maximum Gasteiger partial charge on any atom is 0.149 e. The van der Waals surface area contributed by atoms with Gasteiger partial charge in [0, 0.05) is 18.3 Å². The monoisotopic (exact) mass is 203 g/mol. The second-order valence-corrected chi connectivity index (χ2v) is 3.44. The third-order valence-electron chi connectivity index (χ3n) is 2.09. The van der Waals surface area contributed by atoms with Gasteiger partial charge in [-0.3, -0.25) is 0 Å². The van der Waals surface area contributed by atoms with E-state index in [4.69, 9.17) is 10.2 Å². The number of hydrogen-bond donors (Lipinski definition) is 2. The van der Waals surface area contributed by atoms with Crippen LogP contribution in [0.15, 0.2) is 35.3 Å². The predicted octanol–water partition coefficient (Wildman–Crippen LogP) is 2.18. The molecular weight excluding hydrogens is 190 g/mol. The number of furan rings is 1. The van der Waals surface area contributed by atoms with E-state index in [2.05, 4.69) is 10.3 Å². The third kappa shape index (κ3) is 2.28. The van der Waals surface area contributed by atoms with Crippen molar-refractivity contribution in [1.82, 2.24) is 4.98 Å². The lowest BCUT2D eigenvalue weighted by Crippen LogP contribution is -2.04. The average molecular weight is 203 g/mol. The van der Waals surface area contributed by atoms with E-state index in [1.54, 1.807) is 18.7 Å². The molecule has 0 aliphatic heterocycles. The Balaban J connectivity index is 2.05. The molecule has 0 aliphatic carbocycles. The van der Waals surface area contributed by atoms with E-state index in [1.165, 1.54) is 0 Å². The predicted molar refractivity (Wildman–Crippen MR) is 59.4 cm³/mol. The number of aryl methyl sites for hydroxylation is 1. The molecule has 0 atom stereocenters. The summed E-state index contributed by atoms with van der Waals surface area (Å²) in [5, 5.41) is 3.15. The van der Waals surface area contributed by atoms with E-state index < -0.39 is 0 Å². The molecule has 78 valence electrons. The molecule has 0 radical (unpaired) electrons. The highest BCUT2D eigenvalue weighted by Gasteiger charge is 2.00. The van der Waals surface area contributed by atoms with E-state index >= 15 is 0 Å². The molecule has 4 heteroatoms. The van der Waals surface area contributed by atoms with Crippen molar-refractivity contribution in [3.8, 4) is 0 Å². The summed E-state index contributed by atoms with van der Waals surface area (Å²) in [6, 6.07) is 3.79. The Morgan fingerprint density at radius 1 is 1.53 bits per heavy atom. The van der Waals surface area contributed by atoms with Crippen LogP contribution in [0.4, 0.5) is 11.5 Å². The maximum absolute atomic E-state index is 5.81. The number of nitrogens with zero attached hydrogens (tertiary/aromatic N) is 1. The number of pyridine rings is 1. The summed E-state index contributed by atoms with van der Waals surface area (Å²) in [7, 11) is 0. The van der Waals surface area contributed by atoms with Crippen molar-refractivity contribution in [3.05, 3.63) is 42.0 Å². The maximum atomic E-state index is 5.81. The molecule has 0 aromatic carbocycles. The van der Waals surface area contributed by atoms with Crippen LogP contribution < -0.4 is 11.1 Å². The third-order valence-corrected chi connectivity index (χ3v) is 2.09. The molecule has 2 heterocycles. The Hall–Kier alpha value is -1.97. The topological polar surface area (TPSA) is 64.1 Å². The van der Waals surface area contributed by atoms with Crippen LogP contribution in [0.25, 0.3) is 0 Å². The zero-order valence-electron chi connectivity index (χ0n) is 8.53. The van der Waals surface area contributed by atoms with Gasteiger partial charge in [-0.25, -0.2) is 4.98 Å². The number of hydrogen-bond acceptors (Lipinski definition) is 4. The van der Waals surface area contributed by atoms with Crippen LogP contribution in [0.3, 0.4) is 0 Å². The molecule has 0 saturated heterocycles. The van der Waals surface area contributed by atoms with Gasteiger partial charge < -0.3 is 15.5 Å². The van der Waals surface area contributed by atoms with Crippen molar-refractivity contribution in [1.29, 1.82) is 0 Å². The van der Waals surface area contributed by atoms with Gasteiger partial charge in [0.05, 0.1) is 18.2 Å². The van der Waals surface area contributed by atoms with Crippen LogP contribution in [0, 0.1) is 6.92 Å².